The maximum Gasteiger partial charge on any atom is 0.318 e. The van der Waals surface area contributed by atoms with Gasteiger partial charge < -0.3 is 15.1 Å². The van der Waals surface area contributed by atoms with E-state index in [1.54, 1.807) is 12.4 Å². The molecule has 2 aliphatic heterocycles. The molecule has 10 heteroatoms. The first-order valence-corrected chi connectivity index (χ1v) is 12.0. The highest BCUT2D eigenvalue weighted by molar-refractivity contribution is 5.75. The highest BCUT2D eigenvalue weighted by Gasteiger charge is 2.34. The number of piperidine rings is 1. The van der Waals surface area contributed by atoms with Crippen molar-refractivity contribution in [1.82, 2.24) is 35.1 Å². The van der Waals surface area contributed by atoms with Crippen LogP contribution in [0.25, 0.3) is 0 Å². The molecule has 2 fully saturated rings. The molecule has 0 bridgehead atoms. The number of aromatic nitrogens is 4. The summed E-state index contributed by atoms with van der Waals surface area (Å²) in [6.07, 6.45) is 9.94. The molecule has 2 aliphatic rings. The van der Waals surface area contributed by atoms with Crippen molar-refractivity contribution in [2.24, 2.45) is 5.92 Å². The van der Waals surface area contributed by atoms with Crippen molar-refractivity contribution in [2.45, 2.75) is 51.7 Å². The molecule has 2 atom stereocenters. The normalized spacial score (nSPS) is 21.8. The van der Waals surface area contributed by atoms with Crippen LogP contribution in [0, 0.1) is 17.2 Å². The van der Waals surface area contributed by atoms with Gasteiger partial charge in [0.1, 0.15) is 11.9 Å². The summed E-state index contributed by atoms with van der Waals surface area (Å²) >= 11 is 0. The molecular formula is C24H33N9O. The number of carbonyl (C=O) groups is 1. The van der Waals surface area contributed by atoms with Gasteiger partial charge in [-0.15, -0.1) is 0 Å². The van der Waals surface area contributed by atoms with E-state index in [0.29, 0.717) is 37.1 Å². The van der Waals surface area contributed by atoms with Gasteiger partial charge in [0.2, 0.25) is 5.95 Å². The van der Waals surface area contributed by atoms with E-state index in [1.165, 1.54) is 12.4 Å². The smallest absolute Gasteiger partial charge is 0.318 e. The molecule has 0 saturated carbocycles. The van der Waals surface area contributed by atoms with Gasteiger partial charge in [0, 0.05) is 44.1 Å². The largest absolute Gasteiger partial charge is 0.338 e. The Bertz CT molecular complexity index is 958. The van der Waals surface area contributed by atoms with Crippen LogP contribution in [0.3, 0.4) is 0 Å². The molecule has 0 spiro atoms. The van der Waals surface area contributed by atoms with E-state index >= 15 is 0 Å². The SMILES string of the molecule is C[C@@H]1CN(c2ncc(C#N)cn2)C[C@H](C)N1C(=O)NCCC1CCN(Cc2ncccn2)CC1. The molecule has 0 aliphatic carbocycles. The number of nitrogens with one attached hydrogen (secondary N) is 1. The van der Waals surface area contributed by atoms with Gasteiger partial charge in [0.25, 0.3) is 0 Å². The molecule has 34 heavy (non-hydrogen) atoms. The molecule has 0 radical (unpaired) electrons. The number of hydrogen-bond acceptors (Lipinski definition) is 8. The molecular weight excluding hydrogens is 430 g/mol. The summed E-state index contributed by atoms with van der Waals surface area (Å²) in [6, 6.07) is 3.95. The highest BCUT2D eigenvalue weighted by Crippen LogP contribution is 2.22. The third-order valence-corrected chi connectivity index (χ3v) is 6.72. The summed E-state index contributed by atoms with van der Waals surface area (Å²) in [6.45, 7) is 9.02. The van der Waals surface area contributed by atoms with E-state index in [1.807, 2.05) is 17.0 Å². The van der Waals surface area contributed by atoms with Crippen molar-refractivity contribution in [3.63, 3.8) is 0 Å². The predicted octanol–water partition coefficient (Wildman–Crippen LogP) is 2.05. The number of nitrogens with zero attached hydrogens (tertiary/aromatic N) is 8. The molecule has 4 heterocycles. The zero-order chi connectivity index (χ0) is 23.9. The number of carbonyl (C=O) groups excluding carboxylic acids is 1. The number of nitriles is 1. The van der Waals surface area contributed by atoms with Crippen LogP contribution in [0.15, 0.2) is 30.9 Å². The molecule has 4 rings (SSSR count). The van der Waals surface area contributed by atoms with Gasteiger partial charge in [-0.1, -0.05) is 0 Å². The van der Waals surface area contributed by atoms with Gasteiger partial charge in [-0.2, -0.15) is 5.26 Å². The molecule has 180 valence electrons. The average Bonchev–Trinajstić information content (AvgIpc) is 2.85. The summed E-state index contributed by atoms with van der Waals surface area (Å²) in [5.41, 5.74) is 0.443. The quantitative estimate of drug-likeness (QED) is 0.692. The molecule has 10 nitrogen and oxygen atoms in total. The van der Waals surface area contributed by atoms with E-state index in [0.717, 1.165) is 44.7 Å². The monoisotopic (exact) mass is 463 g/mol. The topological polar surface area (TPSA) is 114 Å². The summed E-state index contributed by atoms with van der Waals surface area (Å²) in [4.78, 5) is 36.6. The second-order valence-corrected chi connectivity index (χ2v) is 9.30. The maximum atomic E-state index is 12.9. The standard InChI is InChI=1S/C24H33N9O/c1-18-15-32(23-29-13-21(12-25)14-30-23)16-19(2)33(18)24(34)28-9-4-20-5-10-31(11-6-20)17-22-26-7-3-8-27-22/h3,7-8,13-14,18-20H,4-6,9-11,15-17H2,1-2H3,(H,28,34)/t18-,19+. The minimum atomic E-state index is -0.000871. The van der Waals surface area contributed by atoms with Crippen molar-refractivity contribution < 1.29 is 4.79 Å². The zero-order valence-corrected chi connectivity index (χ0v) is 20.0. The molecule has 1 N–H and O–H groups in total. The van der Waals surface area contributed by atoms with Gasteiger partial charge >= 0.3 is 6.03 Å². The third kappa shape index (κ3) is 5.97. The van der Waals surface area contributed by atoms with Crippen LogP contribution in [-0.4, -0.2) is 80.6 Å². The van der Waals surface area contributed by atoms with Crippen molar-refractivity contribution in [1.29, 1.82) is 5.26 Å². The van der Waals surface area contributed by atoms with Crippen molar-refractivity contribution in [3.05, 3.63) is 42.2 Å². The van der Waals surface area contributed by atoms with Gasteiger partial charge in [0.15, 0.2) is 0 Å². The number of anilines is 1. The number of amides is 2. The number of likely N-dealkylation sites (tertiary alicyclic amines) is 1. The van der Waals surface area contributed by atoms with E-state index in [9.17, 15) is 4.79 Å². The Kier molecular flexibility index (Phi) is 7.85. The molecule has 2 aromatic rings. The average molecular weight is 464 g/mol. The lowest BCUT2D eigenvalue weighted by atomic mass is 9.93. The lowest BCUT2D eigenvalue weighted by Gasteiger charge is -2.44. The number of hydrogen-bond donors (Lipinski definition) is 1. The Morgan fingerprint density at radius 1 is 1.09 bits per heavy atom. The second kappa shape index (κ2) is 11.2. The first-order chi connectivity index (χ1) is 16.5. The lowest BCUT2D eigenvalue weighted by molar-refractivity contribution is 0.139. The van der Waals surface area contributed by atoms with E-state index in [4.69, 9.17) is 5.26 Å². The van der Waals surface area contributed by atoms with Crippen molar-refractivity contribution in [3.8, 4) is 6.07 Å². The Morgan fingerprint density at radius 3 is 2.35 bits per heavy atom. The first kappa shape index (κ1) is 23.8. The van der Waals surface area contributed by atoms with Crippen LogP contribution < -0.4 is 10.2 Å². The fourth-order valence-corrected chi connectivity index (χ4v) is 4.95. The Labute approximate surface area is 201 Å². The van der Waals surface area contributed by atoms with Crippen LogP contribution in [0.2, 0.25) is 0 Å². The van der Waals surface area contributed by atoms with Crippen LogP contribution in [0.5, 0.6) is 0 Å². The molecule has 0 unspecified atom stereocenters. The van der Waals surface area contributed by atoms with Crippen molar-refractivity contribution in [2.75, 3.05) is 37.6 Å². The van der Waals surface area contributed by atoms with E-state index in [-0.39, 0.29) is 18.1 Å². The second-order valence-electron chi connectivity index (χ2n) is 9.30. The fraction of sp³-hybridized carbons (Fsp3) is 0.583. The Morgan fingerprint density at radius 2 is 1.74 bits per heavy atom. The van der Waals surface area contributed by atoms with E-state index < -0.39 is 0 Å². The summed E-state index contributed by atoms with van der Waals surface area (Å²) < 4.78 is 0. The Balaban J connectivity index is 1.19. The van der Waals surface area contributed by atoms with Crippen LogP contribution in [0.4, 0.5) is 10.7 Å². The molecule has 0 aromatic carbocycles. The number of piperazine rings is 1. The number of urea groups is 1. The molecule has 2 amide bonds. The maximum absolute atomic E-state index is 12.9. The van der Waals surface area contributed by atoms with Gasteiger partial charge in [-0.05, 0) is 58.2 Å². The molecule has 2 saturated heterocycles. The van der Waals surface area contributed by atoms with Crippen LogP contribution >= 0.6 is 0 Å². The summed E-state index contributed by atoms with van der Waals surface area (Å²) in [5.74, 6) is 2.11. The highest BCUT2D eigenvalue weighted by atomic mass is 16.2. The minimum Gasteiger partial charge on any atom is -0.338 e. The number of rotatable bonds is 6. The van der Waals surface area contributed by atoms with E-state index in [2.05, 4.69) is 48.9 Å². The lowest BCUT2D eigenvalue weighted by Crippen LogP contribution is -2.61. The predicted molar refractivity (Wildman–Crippen MR) is 128 cm³/mol. The van der Waals surface area contributed by atoms with Gasteiger partial charge in [0.05, 0.1) is 24.5 Å². The van der Waals surface area contributed by atoms with Crippen LogP contribution in [-0.2, 0) is 6.54 Å². The van der Waals surface area contributed by atoms with Gasteiger partial charge in [-0.25, -0.2) is 24.7 Å². The Hall–Kier alpha value is -3.32. The first-order valence-electron chi connectivity index (χ1n) is 12.0. The van der Waals surface area contributed by atoms with Crippen molar-refractivity contribution >= 4 is 12.0 Å². The minimum absolute atomic E-state index is 0.000871. The van der Waals surface area contributed by atoms with Gasteiger partial charge in [-0.3, -0.25) is 4.90 Å². The third-order valence-electron chi connectivity index (χ3n) is 6.72. The zero-order valence-electron chi connectivity index (χ0n) is 20.0. The van der Waals surface area contributed by atoms with Crippen LogP contribution in [0.1, 0.15) is 44.5 Å². The summed E-state index contributed by atoms with van der Waals surface area (Å²) in [7, 11) is 0. The fourth-order valence-electron chi connectivity index (χ4n) is 4.95. The molecule has 2 aromatic heterocycles. The summed E-state index contributed by atoms with van der Waals surface area (Å²) in [5, 5.41) is 12.1.